The number of carbonyl (C=O) groups is 1. The molecule has 4 nitrogen and oxygen atoms in total. The molecule has 4 heteroatoms. The first-order valence-corrected chi connectivity index (χ1v) is 7.81. The number of hydrogen-bond acceptors (Lipinski definition) is 3. The van der Waals surface area contributed by atoms with Crippen molar-refractivity contribution in [2.75, 3.05) is 20.1 Å². The van der Waals surface area contributed by atoms with Gasteiger partial charge in [-0.05, 0) is 51.6 Å². The predicted molar refractivity (Wildman–Crippen MR) is 77.8 cm³/mol. The van der Waals surface area contributed by atoms with Gasteiger partial charge in [0.25, 0.3) is 0 Å². The van der Waals surface area contributed by atoms with Gasteiger partial charge in [-0.15, -0.1) is 0 Å². The first-order chi connectivity index (χ1) is 9.08. The molecule has 2 aliphatic rings. The number of amides is 1. The van der Waals surface area contributed by atoms with Gasteiger partial charge in [0.1, 0.15) is 0 Å². The number of piperidine rings is 1. The first-order valence-electron chi connectivity index (χ1n) is 7.81. The third kappa shape index (κ3) is 3.93. The lowest BCUT2D eigenvalue weighted by atomic mass is 9.79. The van der Waals surface area contributed by atoms with E-state index in [1.54, 1.807) is 0 Å². The molecule has 0 radical (unpaired) electrons. The molecule has 19 heavy (non-hydrogen) atoms. The molecule has 3 N–H and O–H groups in total. The first kappa shape index (κ1) is 14.8. The van der Waals surface area contributed by atoms with Crippen molar-refractivity contribution in [3.8, 4) is 0 Å². The van der Waals surface area contributed by atoms with Crippen LogP contribution >= 0.6 is 0 Å². The van der Waals surface area contributed by atoms with E-state index in [0.29, 0.717) is 12.0 Å². The zero-order valence-corrected chi connectivity index (χ0v) is 12.4. The standard InChI is InChI=1S/C15H29N3O/c1-11-9-12(6-7-14(11)16)15(19)17-10-13-5-3-4-8-18(13)2/h11-14H,3-10,16H2,1-2H3,(H,17,19). The maximum atomic E-state index is 12.2. The van der Waals surface area contributed by atoms with Crippen LogP contribution in [-0.4, -0.2) is 43.0 Å². The SMILES string of the molecule is CC1CC(C(=O)NCC2CCCCN2C)CCC1N. The lowest BCUT2D eigenvalue weighted by Crippen LogP contribution is -2.47. The van der Waals surface area contributed by atoms with Gasteiger partial charge in [0.05, 0.1) is 0 Å². The molecule has 2 rings (SSSR count). The Morgan fingerprint density at radius 3 is 2.79 bits per heavy atom. The molecule has 1 saturated carbocycles. The van der Waals surface area contributed by atoms with Gasteiger partial charge >= 0.3 is 0 Å². The van der Waals surface area contributed by atoms with Crippen LogP contribution in [0.2, 0.25) is 0 Å². The van der Waals surface area contributed by atoms with E-state index in [-0.39, 0.29) is 17.9 Å². The monoisotopic (exact) mass is 267 g/mol. The molecular weight excluding hydrogens is 238 g/mol. The maximum Gasteiger partial charge on any atom is 0.223 e. The van der Waals surface area contributed by atoms with E-state index in [1.807, 2.05) is 0 Å². The molecule has 0 aromatic carbocycles. The van der Waals surface area contributed by atoms with Crippen molar-refractivity contribution in [3.05, 3.63) is 0 Å². The van der Waals surface area contributed by atoms with Crippen LogP contribution < -0.4 is 11.1 Å². The Morgan fingerprint density at radius 1 is 1.32 bits per heavy atom. The van der Waals surface area contributed by atoms with Crippen molar-refractivity contribution in [2.24, 2.45) is 17.6 Å². The highest BCUT2D eigenvalue weighted by Crippen LogP contribution is 2.28. The Hall–Kier alpha value is -0.610. The lowest BCUT2D eigenvalue weighted by molar-refractivity contribution is -0.126. The van der Waals surface area contributed by atoms with E-state index in [9.17, 15) is 4.79 Å². The molecule has 0 spiro atoms. The number of rotatable bonds is 3. The summed E-state index contributed by atoms with van der Waals surface area (Å²) in [5, 5.41) is 3.17. The molecule has 0 aromatic heterocycles. The van der Waals surface area contributed by atoms with Crippen molar-refractivity contribution in [1.29, 1.82) is 0 Å². The minimum absolute atomic E-state index is 0.184. The Kier molecular flexibility index (Phi) is 5.22. The van der Waals surface area contributed by atoms with Gasteiger partial charge in [-0.25, -0.2) is 0 Å². The minimum Gasteiger partial charge on any atom is -0.354 e. The summed E-state index contributed by atoms with van der Waals surface area (Å²) < 4.78 is 0. The largest absolute Gasteiger partial charge is 0.354 e. The molecule has 1 amide bonds. The summed E-state index contributed by atoms with van der Waals surface area (Å²) in [6.07, 6.45) is 6.69. The second-order valence-corrected chi connectivity index (χ2v) is 6.53. The van der Waals surface area contributed by atoms with Gasteiger partial charge < -0.3 is 16.0 Å². The van der Waals surface area contributed by atoms with Gasteiger partial charge in [0, 0.05) is 24.5 Å². The number of carbonyl (C=O) groups excluding carboxylic acids is 1. The van der Waals surface area contributed by atoms with Crippen LogP contribution in [0.3, 0.4) is 0 Å². The zero-order chi connectivity index (χ0) is 13.8. The second-order valence-electron chi connectivity index (χ2n) is 6.53. The van der Waals surface area contributed by atoms with Gasteiger partial charge in [0.2, 0.25) is 5.91 Å². The van der Waals surface area contributed by atoms with Crippen LogP contribution in [0.5, 0.6) is 0 Å². The highest BCUT2D eigenvalue weighted by Gasteiger charge is 2.30. The number of likely N-dealkylation sites (N-methyl/N-ethyl adjacent to an activating group) is 1. The molecule has 110 valence electrons. The van der Waals surface area contributed by atoms with E-state index in [0.717, 1.165) is 32.4 Å². The summed E-state index contributed by atoms with van der Waals surface area (Å²) in [6.45, 7) is 4.14. The minimum atomic E-state index is 0.184. The average molecular weight is 267 g/mol. The average Bonchev–Trinajstić information content (AvgIpc) is 2.40. The number of nitrogens with two attached hydrogens (primary N) is 1. The smallest absolute Gasteiger partial charge is 0.223 e. The topological polar surface area (TPSA) is 58.4 Å². The van der Waals surface area contributed by atoms with Crippen molar-refractivity contribution < 1.29 is 4.79 Å². The van der Waals surface area contributed by atoms with Gasteiger partial charge in [-0.3, -0.25) is 4.79 Å². The fraction of sp³-hybridized carbons (Fsp3) is 0.933. The number of likely N-dealkylation sites (tertiary alicyclic amines) is 1. The highest BCUT2D eigenvalue weighted by molar-refractivity contribution is 5.78. The molecule has 0 aromatic rings. The summed E-state index contributed by atoms with van der Waals surface area (Å²) in [5.41, 5.74) is 6.01. The Morgan fingerprint density at radius 2 is 2.11 bits per heavy atom. The Balaban J connectivity index is 1.75. The van der Waals surface area contributed by atoms with Crippen molar-refractivity contribution in [2.45, 2.75) is 57.5 Å². The fourth-order valence-electron chi connectivity index (χ4n) is 3.42. The van der Waals surface area contributed by atoms with Crippen molar-refractivity contribution in [3.63, 3.8) is 0 Å². The summed E-state index contributed by atoms with van der Waals surface area (Å²) in [6, 6.07) is 0.814. The van der Waals surface area contributed by atoms with Crippen LogP contribution in [0, 0.1) is 11.8 Å². The number of nitrogens with zero attached hydrogens (tertiary/aromatic N) is 1. The molecule has 2 fully saturated rings. The second kappa shape index (κ2) is 6.71. The van der Waals surface area contributed by atoms with Crippen molar-refractivity contribution in [1.82, 2.24) is 10.2 Å². The zero-order valence-electron chi connectivity index (χ0n) is 12.4. The molecular formula is C15H29N3O. The number of nitrogens with one attached hydrogen (secondary N) is 1. The van der Waals surface area contributed by atoms with Gasteiger partial charge in [-0.2, -0.15) is 0 Å². The summed E-state index contributed by atoms with van der Waals surface area (Å²) in [7, 11) is 2.16. The Bertz CT molecular complexity index is 308. The lowest BCUT2D eigenvalue weighted by Gasteiger charge is -2.34. The van der Waals surface area contributed by atoms with E-state index in [2.05, 4.69) is 24.2 Å². The predicted octanol–water partition coefficient (Wildman–Crippen LogP) is 1.35. The van der Waals surface area contributed by atoms with E-state index < -0.39 is 0 Å². The molecule has 1 saturated heterocycles. The quantitative estimate of drug-likeness (QED) is 0.811. The summed E-state index contributed by atoms with van der Waals surface area (Å²) in [5.74, 6) is 0.906. The molecule has 0 bridgehead atoms. The molecule has 1 aliphatic heterocycles. The van der Waals surface area contributed by atoms with Crippen LogP contribution in [0.4, 0.5) is 0 Å². The third-order valence-electron chi connectivity index (χ3n) is 5.04. The molecule has 1 heterocycles. The normalized spacial score (nSPS) is 37.0. The molecule has 4 unspecified atom stereocenters. The summed E-state index contributed by atoms with van der Waals surface area (Å²) >= 11 is 0. The van der Waals surface area contributed by atoms with E-state index in [4.69, 9.17) is 5.73 Å². The van der Waals surface area contributed by atoms with Crippen LogP contribution in [0.25, 0.3) is 0 Å². The Labute approximate surface area is 117 Å². The van der Waals surface area contributed by atoms with Crippen molar-refractivity contribution >= 4 is 5.91 Å². The van der Waals surface area contributed by atoms with E-state index >= 15 is 0 Å². The van der Waals surface area contributed by atoms with Gasteiger partial charge in [0.15, 0.2) is 0 Å². The molecule has 4 atom stereocenters. The van der Waals surface area contributed by atoms with E-state index in [1.165, 1.54) is 19.3 Å². The van der Waals surface area contributed by atoms with Crippen LogP contribution in [0.1, 0.15) is 45.4 Å². The molecule has 1 aliphatic carbocycles. The summed E-state index contributed by atoms with van der Waals surface area (Å²) in [4.78, 5) is 14.6. The van der Waals surface area contributed by atoms with Gasteiger partial charge in [-0.1, -0.05) is 13.3 Å². The van der Waals surface area contributed by atoms with Crippen LogP contribution in [-0.2, 0) is 4.79 Å². The fourth-order valence-corrected chi connectivity index (χ4v) is 3.42. The third-order valence-corrected chi connectivity index (χ3v) is 5.04. The van der Waals surface area contributed by atoms with Crippen LogP contribution in [0.15, 0.2) is 0 Å². The maximum absolute atomic E-state index is 12.2. The highest BCUT2D eigenvalue weighted by atomic mass is 16.1. The number of hydrogen-bond donors (Lipinski definition) is 2.